The van der Waals surface area contributed by atoms with Crippen molar-refractivity contribution in [3.05, 3.63) is 47.8 Å². The molecule has 1 aliphatic rings. The number of rotatable bonds is 4. The Bertz CT molecular complexity index is 884. The molecular weight excluding hydrogens is 340 g/mol. The van der Waals surface area contributed by atoms with Crippen molar-refractivity contribution in [2.75, 3.05) is 23.5 Å². The number of nitriles is 1. The lowest BCUT2D eigenvalue weighted by molar-refractivity contribution is 0.318. The fourth-order valence-electron chi connectivity index (χ4n) is 2.81. The Hall–Kier alpha value is -2.70. The van der Waals surface area contributed by atoms with Crippen molar-refractivity contribution < 1.29 is 8.42 Å². The molecule has 3 heterocycles. The van der Waals surface area contributed by atoms with Gasteiger partial charge in [-0.3, -0.25) is 9.71 Å². The SMILES string of the molecule is N#Cc1ccc(C2CCN(S(=O)(=O)Nc3cccc(N)n3)CC2)nc1. The molecule has 3 N–H and O–H groups in total. The van der Waals surface area contributed by atoms with Crippen LogP contribution in [0.4, 0.5) is 11.6 Å². The van der Waals surface area contributed by atoms with Gasteiger partial charge in [0.1, 0.15) is 17.7 Å². The molecule has 0 aliphatic carbocycles. The Kier molecular flexibility index (Phi) is 4.83. The summed E-state index contributed by atoms with van der Waals surface area (Å²) < 4.78 is 28.8. The summed E-state index contributed by atoms with van der Waals surface area (Å²) in [6, 6.07) is 10.4. The number of piperidine rings is 1. The maximum Gasteiger partial charge on any atom is 0.302 e. The molecule has 2 aromatic heterocycles. The zero-order valence-electron chi connectivity index (χ0n) is 13.5. The van der Waals surface area contributed by atoms with Crippen molar-refractivity contribution in [1.82, 2.24) is 14.3 Å². The van der Waals surface area contributed by atoms with Gasteiger partial charge in [-0.05, 0) is 37.1 Å². The highest BCUT2D eigenvalue weighted by Gasteiger charge is 2.29. The first kappa shape index (κ1) is 17.1. The van der Waals surface area contributed by atoms with Gasteiger partial charge in [-0.1, -0.05) is 6.07 Å². The fourth-order valence-corrected chi connectivity index (χ4v) is 4.01. The summed E-state index contributed by atoms with van der Waals surface area (Å²) in [7, 11) is -3.67. The number of nitrogen functional groups attached to an aromatic ring is 1. The number of aromatic nitrogens is 2. The molecule has 0 aromatic carbocycles. The van der Waals surface area contributed by atoms with Gasteiger partial charge in [0.25, 0.3) is 0 Å². The van der Waals surface area contributed by atoms with Gasteiger partial charge in [0.05, 0.1) is 5.56 Å². The minimum absolute atomic E-state index is 0.185. The number of anilines is 2. The monoisotopic (exact) mass is 358 g/mol. The van der Waals surface area contributed by atoms with Crippen LogP contribution in [-0.4, -0.2) is 35.8 Å². The molecule has 0 radical (unpaired) electrons. The lowest BCUT2D eigenvalue weighted by atomic mass is 9.94. The Morgan fingerprint density at radius 3 is 2.60 bits per heavy atom. The van der Waals surface area contributed by atoms with Crippen LogP contribution in [0.2, 0.25) is 0 Å². The van der Waals surface area contributed by atoms with E-state index in [1.165, 1.54) is 4.31 Å². The van der Waals surface area contributed by atoms with Crippen LogP contribution in [0, 0.1) is 11.3 Å². The largest absolute Gasteiger partial charge is 0.384 e. The average Bonchev–Trinajstić information content (AvgIpc) is 2.61. The number of pyridine rings is 2. The van der Waals surface area contributed by atoms with E-state index in [0.29, 0.717) is 31.5 Å². The molecule has 0 unspecified atom stereocenters. The van der Waals surface area contributed by atoms with Gasteiger partial charge in [0.15, 0.2) is 0 Å². The molecule has 8 nitrogen and oxygen atoms in total. The van der Waals surface area contributed by atoms with E-state index in [0.717, 1.165) is 5.69 Å². The first-order valence-electron chi connectivity index (χ1n) is 7.84. The molecule has 0 amide bonds. The smallest absolute Gasteiger partial charge is 0.302 e. The number of nitrogens with one attached hydrogen (secondary N) is 1. The van der Waals surface area contributed by atoms with Gasteiger partial charge >= 0.3 is 10.2 Å². The maximum atomic E-state index is 12.5. The van der Waals surface area contributed by atoms with Crippen molar-refractivity contribution in [1.29, 1.82) is 5.26 Å². The highest BCUT2D eigenvalue weighted by molar-refractivity contribution is 7.90. The van der Waals surface area contributed by atoms with E-state index in [4.69, 9.17) is 11.0 Å². The molecule has 0 spiro atoms. The predicted octanol–water partition coefficient (Wildman–Crippen LogP) is 1.47. The van der Waals surface area contributed by atoms with Gasteiger partial charge < -0.3 is 5.73 Å². The van der Waals surface area contributed by atoms with E-state index in [9.17, 15) is 8.42 Å². The molecule has 9 heteroatoms. The Morgan fingerprint density at radius 1 is 1.24 bits per heavy atom. The molecule has 25 heavy (non-hydrogen) atoms. The number of hydrogen-bond acceptors (Lipinski definition) is 6. The first-order chi connectivity index (χ1) is 12.0. The van der Waals surface area contributed by atoms with E-state index in [-0.39, 0.29) is 17.6 Å². The van der Waals surface area contributed by atoms with Crippen LogP contribution < -0.4 is 10.5 Å². The molecule has 0 atom stereocenters. The summed E-state index contributed by atoms with van der Waals surface area (Å²) in [6.07, 6.45) is 2.89. The molecular formula is C16H18N6O2S. The molecule has 0 bridgehead atoms. The van der Waals surface area contributed by atoms with Crippen LogP contribution in [0.15, 0.2) is 36.5 Å². The lowest BCUT2D eigenvalue weighted by Crippen LogP contribution is -2.41. The van der Waals surface area contributed by atoms with Crippen LogP contribution in [-0.2, 0) is 10.2 Å². The predicted molar refractivity (Wildman–Crippen MR) is 93.7 cm³/mol. The highest BCUT2D eigenvalue weighted by Crippen LogP contribution is 2.28. The molecule has 130 valence electrons. The third kappa shape index (κ3) is 4.04. The number of nitrogens with two attached hydrogens (primary N) is 1. The number of nitrogens with zero attached hydrogens (tertiary/aromatic N) is 4. The Morgan fingerprint density at radius 2 is 2.00 bits per heavy atom. The van der Waals surface area contributed by atoms with Crippen LogP contribution in [0.1, 0.15) is 30.0 Å². The van der Waals surface area contributed by atoms with Crippen LogP contribution in [0.25, 0.3) is 0 Å². The highest BCUT2D eigenvalue weighted by atomic mass is 32.2. The topological polar surface area (TPSA) is 125 Å². The second kappa shape index (κ2) is 7.04. The zero-order valence-corrected chi connectivity index (χ0v) is 14.3. The minimum Gasteiger partial charge on any atom is -0.384 e. The van der Waals surface area contributed by atoms with Crippen molar-refractivity contribution >= 4 is 21.8 Å². The molecule has 1 aliphatic heterocycles. The van der Waals surface area contributed by atoms with Crippen molar-refractivity contribution in [3.63, 3.8) is 0 Å². The third-order valence-electron chi connectivity index (χ3n) is 4.13. The summed E-state index contributed by atoms with van der Waals surface area (Å²) in [5.41, 5.74) is 6.98. The third-order valence-corrected chi connectivity index (χ3v) is 5.64. The van der Waals surface area contributed by atoms with Gasteiger partial charge in [-0.15, -0.1) is 0 Å². The van der Waals surface area contributed by atoms with Crippen molar-refractivity contribution in [3.8, 4) is 6.07 Å². The Labute approximate surface area is 146 Å². The standard InChI is InChI=1S/C16H18N6O2S/c17-10-12-4-5-14(19-11-12)13-6-8-22(9-7-13)25(23,24)21-16-3-1-2-15(18)20-16/h1-5,11,13H,6-9H2,(H3,18,20,21). The summed E-state index contributed by atoms with van der Waals surface area (Å²) in [4.78, 5) is 8.26. The van der Waals surface area contributed by atoms with E-state index in [1.807, 2.05) is 12.1 Å². The van der Waals surface area contributed by atoms with Gasteiger partial charge in [-0.25, -0.2) is 4.98 Å². The summed E-state index contributed by atoms with van der Waals surface area (Å²) in [5.74, 6) is 0.645. The van der Waals surface area contributed by atoms with Crippen LogP contribution >= 0.6 is 0 Å². The van der Waals surface area contributed by atoms with Crippen LogP contribution in [0.3, 0.4) is 0 Å². The second-order valence-corrected chi connectivity index (χ2v) is 7.48. The fraction of sp³-hybridized carbons (Fsp3) is 0.312. The van der Waals surface area contributed by atoms with Gasteiger partial charge in [0, 0.05) is 30.9 Å². The Balaban J connectivity index is 1.63. The number of hydrogen-bond donors (Lipinski definition) is 2. The summed E-state index contributed by atoms with van der Waals surface area (Å²) >= 11 is 0. The molecule has 0 saturated carbocycles. The van der Waals surface area contributed by atoms with Gasteiger partial charge in [0.2, 0.25) is 0 Å². The van der Waals surface area contributed by atoms with Crippen LogP contribution in [0.5, 0.6) is 0 Å². The van der Waals surface area contributed by atoms with E-state index in [2.05, 4.69) is 14.7 Å². The zero-order chi connectivity index (χ0) is 17.9. The lowest BCUT2D eigenvalue weighted by Gasteiger charge is -2.30. The molecule has 3 rings (SSSR count). The molecule has 1 saturated heterocycles. The summed E-state index contributed by atoms with van der Waals surface area (Å²) in [5, 5.41) is 8.82. The van der Waals surface area contributed by atoms with Gasteiger partial charge in [-0.2, -0.15) is 18.0 Å². The minimum atomic E-state index is -3.67. The van der Waals surface area contributed by atoms with E-state index < -0.39 is 10.2 Å². The van der Waals surface area contributed by atoms with E-state index in [1.54, 1.807) is 30.5 Å². The first-order valence-corrected chi connectivity index (χ1v) is 9.28. The molecule has 1 fully saturated rings. The quantitative estimate of drug-likeness (QED) is 0.852. The second-order valence-electron chi connectivity index (χ2n) is 5.81. The average molecular weight is 358 g/mol. The molecule has 2 aromatic rings. The maximum absolute atomic E-state index is 12.5. The van der Waals surface area contributed by atoms with Crippen molar-refractivity contribution in [2.24, 2.45) is 0 Å². The van der Waals surface area contributed by atoms with E-state index >= 15 is 0 Å². The summed E-state index contributed by atoms with van der Waals surface area (Å²) in [6.45, 7) is 0.786. The normalized spacial score (nSPS) is 16.3. The van der Waals surface area contributed by atoms with Crippen molar-refractivity contribution in [2.45, 2.75) is 18.8 Å².